The zero-order chi connectivity index (χ0) is 15.4. The summed E-state index contributed by atoms with van der Waals surface area (Å²) in [6.45, 7) is 0. The average Bonchev–Trinajstić information content (AvgIpc) is 2.58. The molecule has 0 heterocycles. The number of benzene rings is 3. The number of hydrogen-bond donors (Lipinski definition) is 1. The molecule has 0 atom stereocenters. The smallest absolute Gasteiger partial charge is 0.537 e. The zero-order valence-corrected chi connectivity index (χ0v) is 12.5. The van der Waals surface area contributed by atoms with Crippen molar-refractivity contribution in [3.63, 3.8) is 0 Å². The van der Waals surface area contributed by atoms with Crippen molar-refractivity contribution in [3.05, 3.63) is 77.8 Å². The van der Waals surface area contributed by atoms with Gasteiger partial charge in [0.2, 0.25) is 0 Å². The van der Waals surface area contributed by atoms with Crippen LogP contribution < -0.4 is 4.65 Å². The summed E-state index contributed by atoms with van der Waals surface area (Å²) in [5, 5.41) is 9.49. The standard InChI is InChI=1S/C18H13BClO2/c20-16-10-11-18(22-19-21)17(12-16)15-8-6-14(7-9-15)13-4-2-1-3-5-13/h1-12,21H. The van der Waals surface area contributed by atoms with Gasteiger partial charge in [0.05, 0.1) is 0 Å². The Morgan fingerprint density at radius 2 is 1.41 bits per heavy atom. The molecule has 4 heteroatoms. The van der Waals surface area contributed by atoms with E-state index < -0.39 is 0 Å². The molecule has 0 aromatic heterocycles. The first-order valence-electron chi connectivity index (χ1n) is 6.86. The Morgan fingerprint density at radius 1 is 0.773 bits per heavy atom. The Labute approximate surface area is 135 Å². The predicted molar refractivity (Wildman–Crippen MR) is 90.9 cm³/mol. The molecule has 107 valence electrons. The highest BCUT2D eigenvalue weighted by atomic mass is 35.5. The van der Waals surface area contributed by atoms with Crippen LogP contribution in [0.25, 0.3) is 22.3 Å². The molecule has 1 N–H and O–H groups in total. The van der Waals surface area contributed by atoms with Gasteiger partial charge in [0.1, 0.15) is 5.75 Å². The van der Waals surface area contributed by atoms with E-state index >= 15 is 0 Å². The first kappa shape index (κ1) is 14.7. The van der Waals surface area contributed by atoms with E-state index in [2.05, 4.69) is 24.3 Å². The Kier molecular flexibility index (Phi) is 4.47. The van der Waals surface area contributed by atoms with Crippen LogP contribution in [0.1, 0.15) is 0 Å². The summed E-state index contributed by atoms with van der Waals surface area (Å²) in [6, 6.07) is 23.6. The molecule has 0 saturated carbocycles. The van der Waals surface area contributed by atoms with E-state index in [1.165, 1.54) is 5.56 Å². The summed E-state index contributed by atoms with van der Waals surface area (Å²) < 4.78 is 5.13. The van der Waals surface area contributed by atoms with Crippen LogP contribution in [0.2, 0.25) is 5.02 Å². The minimum atomic E-state index is 0.555. The first-order chi connectivity index (χ1) is 10.8. The molecule has 0 saturated heterocycles. The number of rotatable bonds is 4. The lowest BCUT2D eigenvalue weighted by Crippen LogP contribution is -2.01. The van der Waals surface area contributed by atoms with Crippen LogP contribution in [0.15, 0.2) is 72.8 Å². The topological polar surface area (TPSA) is 29.5 Å². The third-order valence-corrected chi connectivity index (χ3v) is 3.66. The molecule has 0 aliphatic carbocycles. The Morgan fingerprint density at radius 3 is 2.09 bits per heavy atom. The number of halogens is 1. The van der Waals surface area contributed by atoms with Gasteiger partial charge in [-0.15, -0.1) is 0 Å². The summed E-state index contributed by atoms with van der Waals surface area (Å²) >= 11 is 6.07. The lowest BCUT2D eigenvalue weighted by atomic mass is 9.99. The minimum absolute atomic E-state index is 0.555. The third kappa shape index (κ3) is 3.16. The van der Waals surface area contributed by atoms with Crippen LogP contribution in [-0.4, -0.2) is 12.7 Å². The molecular weight excluding hydrogens is 294 g/mol. The second-order valence-corrected chi connectivity index (χ2v) is 5.24. The summed E-state index contributed by atoms with van der Waals surface area (Å²) in [5.41, 5.74) is 4.11. The van der Waals surface area contributed by atoms with Crippen molar-refractivity contribution in [1.82, 2.24) is 0 Å². The fourth-order valence-corrected chi connectivity index (χ4v) is 2.53. The largest absolute Gasteiger partial charge is 0.569 e. The van der Waals surface area contributed by atoms with Crippen molar-refractivity contribution in [1.29, 1.82) is 0 Å². The van der Waals surface area contributed by atoms with Gasteiger partial charge >= 0.3 is 7.69 Å². The van der Waals surface area contributed by atoms with E-state index in [-0.39, 0.29) is 0 Å². The SMILES string of the molecule is O[B]Oc1ccc(Cl)cc1-c1ccc(-c2ccccc2)cc1. The molecule has 0 unspecified atom stereocenters. The van der Waals surface area contributed by atoms with Crippen molar-refractivity contribution < 1.29 is 9.68 Å². The van der Waals surface area contributed by atoms with E-state index in [0.717, 1.165) is 16.7 Å². The summed E-state index contributed by atoms with van der Waals surface area (Å²) in [5.74, 6) is 0.555. The second-order valence-electron chi connectivity index (χ2n) is 4.81. The molecule has 3 aromatic rings. The van der Waals surface area contributed by atoms with Gasteiger partial charge in [0.15, 0.2) is 0 Å². The minimum Gasteiger partial charge on any atom is -0.537 e. The highest BCUT2D eigenvalue weighted by Crippen LogP contribution is 2.33. The zero-order valence-electron chi connectivity index (χ0n) is 11.7. The Hall–Kier alpha value is -2.23. The van der Waals surface area contributed by atoms with Crippen molar-refractivity contribution in [2.45, 2.75) is 0 Å². The van der Waals surface area contributed by atoms with Gasteiger partial charge in [-0.25, -0.2) is 0 Å². The monoisotopic (exact) mass is 307 g/mol. The fourth-order valence-electron chi connectivity index (χ4n) is 2.36. The summed E-state index contributed by atoms with van der Waals surface area (Å²) in [7, 11) is 0.672. The first-order valence-corrected chi connectivity index (χ1v) is 7.24. The molecule has 0 aliphatic heterocycles. The van der Waals surface area contributed by atoms with E-state index in [9.17, 15) is 0 Å². The van der Waals surface area contributed by atoms with E-state index in [0.29, 0.717) is 18.5 Å². The molecule has 3 rings (SSSR count). The Balaban J connectivity index is 1.98. The molecule has 22 heavy (non-hydrogen) atoms. The van der Waals surface area contributed by atoms with E-state index in [1.54, 1.807) is 12.1 Å². The molecule has 0 bridgehead atoms. The molecule has 0 amide bonds. The van der Waals surface area contributed by atoms with Gasteiger partial charge in [-0.05, 0) is 34.9 Å². The summed E-state index contributed by atoms with van der Waals surface area (Å²) in [4.78, 5) is 0. The van der Waals surface area contributed by atoms with Crippen LogP contribution in [0.3, 0.4) is 0 Å². The average molecular weight is 308 g/mol. The fraction of sp³-hybridized carbons (Fsp3) is 0. The van der Waals surface area contributed by atoms with Crippen LogP contribution >= 0.6 is 11.6 Å². The maximum absolute atomic E-state index is 8.87. The molecule has 0 spiro atoms. The highest BCUT2D eigenvalue weighted by molar-refractivity contribution is 6.31. The van der Waals surface area contributed by atoms with Crippen molar-refractivity contribution in [2.24, 2.45) is 0 Å². The predicted octanol–water partition coefficient (Wildman–Crippen LogP) is 4.58. The Bertz CT molecular complexity index is 758. The molecule has 0 fully saturated rings. The van der Waals surface area contributed by atoms with Crippen molar-refractivity contribution in [2.75, 3.05) is 0 Å². The van der Waals surface area contributed by atoms with Gasteiger partial charge in [0, 0.05) is 10.6 Å². The number of hydrogen-bond acceptors (Lipinski definition) is 2. The van der Waals surface area contributed by atoms with Gasteiger partial charge < -0.3 is 9.68 Å². The molecular formula is C18H13BClO2. The van der Waals surface area contributed by atoms with Crippen molar-refractivity contribution >= 4 is 19.3 Å². The van der Waals surface area contributed by atoms with Gasteiger partial charge in [-0.2, -0.15) is 0 Å². The van der Waals surface area contributed by atoms with Gasteiger partial charge in [-0.3, -0.25) is 0 Å². The second kappa shape index (κ2) is 6.69. The van der Waals surface area contributed by atoms with E-state index in [4.69, 9.17) is 21.3 Å². The van der Waals surface area contributed by atoms with E-state index in [1.807, 2.05) is 36.4 Å². The lowest BCUT2D eigenvalue weighted by Gasteiger charge is -2.11. The maximum Gasteiger partial charge on any atom is 0.569 e. The quantitative estimate of drug-likeness (QED) is 0.715. The highest BCUT2D eigenvalue weighted by Gasteiger charge is 2.08. The van der Waals surface area contributed by atoms with Crippen LogP contribution in [0, 0.1) is 0 Å². The van der Waals surface area contributed by atoms with Gasteiger partial charge in [0.25, 0.3) is 0 Å². The van der Waals surface area contributed by atoms with Crippen molar-refractivity contribution in [3.8, 4) is 28.0 Å². The van der Waals surface area contributed by atoms with Gasteiger partial charge in [-0.1, -0.05) is 66.2 Å². The van der Waals surface area contributed by atoms with Crippen LogP contribution in [-0.2, 0) is 0 Å². The van der Waals surface area contributed by atoms with Crippen LogP contribution in [0.4, 0.5) is 0 Å². The molecule has 1 radical (unpaired) electrons. The third-order valence-electron chi connectivity index (χ3n) is 3.42. The molecule has 2 nitrogen and oxygen atoms in total. The van der Waals surface area contributed by atoms with Crippen LogP contribution in [0.5, 0.6) is 5.75 Å². The summed E-state index contributed by atoms with van der Waals surface area (Å²) in [6.07, 6.45) is 0. The molecule has 3 aromatic carbocycles. The maximum atomic E-state index is 8.87. The molecule has 0 aliphatic rings. The lowest BCUT2D eigenvalue weighted by molar-refractivity contribution is 0.455. The normalized spacial score (nSPS) is 10.3.